The molecule has 2 aliphatic heterocycles. The van der Waals surface area contributed by atoms with Crippen LogP contribution in [0.4, 0.5) is 14.5 Å². The number of nitrogens with zero attached hydrogens (tertiary/aromatic N) is 1. The number of carbonyl (C=O) groups excluding carboxylic acids is 1. The van der Waals surface area contributed by atoms with Gasteiger partial charge in [-0.15, -0.1) is 0 Å². The lowest BCUT2D eigenvalue weighted by atomic mass is 9.73. The number of benzene rings is 1. The molecule has 3 fully saturated rings. The SMILES string of the molecule is O=C(Nc1ccc(Oc2ccc(F)cc2F)nc1)C1CC2CCC1NC2. The Morgan fingerprint density at radius 1 is 1.23 bits per heavy atom. The van der Waals surface area contributed by atoms with E-state index >= 15 is 0 Å². The molecular weight excluding hydrogens is 340 g/mol. The minimum Gasteiger partial charge on any atom is -0.436 e. The topological polar surface area (TPSA) is 63.2 Å². The fourth-order valence-electron chi connectivity index (χ4n) is 3.72. The minimum absolute atomic E-state index is 0.00746. The first kappa shape index (κ1) is 16.9. The average Bonchev–Trinajstić information content (AvgIpc) is 2.66. The first-order chi connectivity index (χ1) is 12.6. The zero-order valence-corrected chi connectivity index (χ0v) is 14.0. The highest BCUT2D eigenvalue weighted by atomic mass is 19.1. The summed E-state index contributed by atoms with van der Waals surface area (Å²) in [4.78, 5) is 16.6. The Labute approximate surface area is 149 Å². The lowest BCUT2D eigenvalue weighted by Crippen LogP contribution is -2.53. The summed E-state index contributed by atoms with van der Waals surface area (Å²) >= 11 is 0. The number of halogens is 2. The molecule has 7 heteroatoms. The van der Waals surface area contributed by atoms with E-state index < -0.39 is 11.6 Å². The summed E-state index contributed by atoms with van der Waals surface area (Å²) in [6.07, 6.45) is 4.61. The van der Waals surface area contributed by atoms with Crippen LogP contribution in [0, 0.1) is 23.5 Å². The van der Waals surface area contributed by atoms with Crippen LogP contribution in [0.25, 0.3) is 0 Å². The number of amides is 1. The Morgan fingerprint density at radius 3 is 2.73 bits per heavy atom. The van der Waals surface area contributed by atoms with Crippen LogP contribution in [0.3, 0.4) is 0 Å². The number of carbonyl (C=O) groups is 1. The summed E-state index contributed by atoms with van der Waals surface area (Å²) in [5.41, 5.74) is 0.559. The molecule has 3 heterocycles. The summed E-state index contributed by atoms with van der Waals surface area (Å²) in [5, 5.41) is 6.31. The highest BCUT2D eigenvalue weighted by Gasteiger charge is 2.39. The molecule has 0 radical (unpaired) electrons. The molecule has 2 saturated heterocycles. The van der Waals surface area contributed by atoms with E-state index in [4.69, 9.17) is 4.74 Å². The number of aromatic nitrogens is 1. The molecule has 1 amide bonds. The van der Waals surface area contributed by atoms with Crippen LogP contribution < -0.4 is 15.4 Å². The van der Waals surface area contributed by atoms with Crippen molar-refractivity contribution in [1.82, 2.24) is 10.3 Å². The number of nitrogens with one attached hydrogen (secondary N) is 2. The summed E-state index contributed by atoms with van der Waals surface area (Å²) in [7, 11) is 0. The van der Waals surface area contributed by atoms with Crippen molar-refractivity contribution in [1.29, 1.82) is 0 Å². The van der Waals surface area contributed by atoms with E-state index in [1.165, 1.54) is 24.8 Å². The van der Waals surface area contributed by atoms with Gasteiger partial charge < -0.3 is 15.4 Å². The zero-order valence-electron chi connectivity index (χ0n) is 14.0. The molecule has 2 N–H and O–H groups in total. The number of ether oxygens (including phenoxy) is 1. The second kappa shape index (κ2) is 6.99. The van der Waals surface area contributed by atoms with Gasteiger partial charge in [0.05, 0.1) is 17.8 Å². The lowest BCUT2D eigenvalue weighted by molar-refractivity contribution is -0.123. The molecule has 0 spiro atoms. The van der Waals surface area contributed by atoms with Gasteiger partial charge in [0.2, 0.25) is 11.8 Å². The molecule has 5 nitrogen and oxygen atoms in total. The molecule has 2 aromatic rings. The van der Waals surface area contributed by atoms with Gasteiger partial charge in [-0.3, -0.25) is 4.79 Å². The van der Waals surface area contributed by atoms with E-state index in [-0.39, 0.29) is 29.5 Å². The molecule has 1 saturated carbocycles. The minimum atomic E-state index is -0.802. The standard InChI is InChI=1S/C19H19F2N3O2/c20-12-2-5-17(15(21)8-12)26-18-6-3-13(10-23-18)24-19(25)14-7-11-1-4-16(14)22-9-11/h2-3,5-6,8,10-11,14,16,22H,1,4,7,9H2,(H,24,25). The van der Waals surface area contributed by atoms with Crippen molar-refractivity contribution in [3.05, 3.63) is 48.2 Å². The van der Waals surface area contributed by atoms with Crippen molar-refractivity contribution in [2.75, 3.05) is 11.9 Å². The summed E-state index contributed by atoms with van der Waals surface area (Å²) in [6.45, 7) is 1.00. The van der Waals surface area contributed by atoms with Crippen LogP contribution in [0.5, 0.6) is 11.6 Å². The van der Waals surface area contributed by atoms with Crippen LogP contribution in [-0.2, 0) is 4.79 Å². The van der Waals surface area contributed by atoms with E-state index in [1.54, 1.807) is 6.07 Å². The molecule has 3 atom stereocenters. The number of hydrogen-bond acceptors (Lipinski definition) is 4. The third-order valence-electron chi connectivity index (χ3n) is 5.08. The molecule has 3 unspecified atom stereocenters. The van der Waals surface area contributed by atoms with Gasteiger partial charge in [-0.05, 0) is 49.9 Å². The molecule has 2 bridgehead atoms. The highest BCUT2D eigenvalue weighted by Crippen LogP contribution is 2.34. The van der Waals surface area contributed by atoms with E-state index in [0.717, 1.165) is 31.5 Å². The summed E-state index contributed by atoms with van der Waals surface area (Å²) in [6, 6.07) is 6.49. The Hall–Kier alpha value is -2.54. The number of fused-ring (bicyclic) bond motifs is 3. The maximum Gasteiger partial charge on any atom is 0.229 e. The first-order valence-electron chi connectivity index (χ1n) is 8.72. The van der Waals surface area contributed by atoms with Gasteiger partial charge in [0.15, 0.2) is 11.6 Å². The second-order valence-electron chi connectivity index (χ2n) is 6.85. The van der Waals surface area contributed by atoms with Gasteiger partial charge in [-0.1, -0.05) is 0 Å². The zero-order chi connectivity index (χ0) is 18.1. The van der Waals surface area contributed by atoms with Crippen LogP contribution in [0.1, 0.15) is 19.3 Å². The second-order valence-corrected chi connectivity index (χ2v) is 6.85. The Bertz CT molecular complexity index is 805. The van der Waals surface area contributed by atoms with Crippen LogP contribution in [0.15, 0.2) is 36.5 Å². The quantitative estimate of drug-likeness (QED) is 0.877. The monoisotopic (exact) mass is 359 g/mol. The van der Waals surface area contributed by atoms with Crippen molar-refractivity contribution in [3.63, 3.8) is 0 Å². The van der Waals surface area contributed by atoms with E-state index in [0.29, 0.717) is 11.6 Å². The smallest absolute Gasteiger partial charge is 0.229 e. The number of piperidine rings is 2. The molecule has 5 rings (SSSR count). The third kappa shape index (κ3) is 3.53. The van der Waals surface area contributed by atoms with E-state index in [1.807, 2.05) is 0 Å². The van der Waals surface area contributed by atoms with Crippen molar-refractivity contribution >= 4 is 11.6 Å². The van der Waals surface area contributed by atoms with E-state index in [9.17, 15) is 13.6 Å². The molecular formula is C19H19F2N3O2. The number of pyridine rings is 1. The Kier molecular flexibility index (Phi) is 4.55. The highest BCUT2D eigenvalue weighted by molar-refractivity contribution is 5.93. The third-order valence-corrected chi connectivity index (χ3v) is 5.08. The Balaban J connectivity index is 1.39. The van der Waals surface area contributed by atoms with Gasteiger partial charge in [0.25, 0.3) is 0 Å². The first-order valence-corrected chi connectivity index (χ1v) is 8.72. The van der Waals surface area contributed by atoms with Gasteiger partial charge >= 0.3 is 0 Å². The van der Waals surface area contributed by atoms with Gasteiger partial charge in [-0.2, -0.15) is 0 Å². The predicted octanol–water partition coefficient (Wildman–Crippen LogP) is 3.48. The van der Waals surface area contributed by atoms with Gasteiger partial charge in [-0.25, -0.2) is 13.8 Å². The lowest BCUT2D eigenvalue weighted by Gasteiger charge is -2.42. The van der Waals surface area contributed by atoms with Gasteiger partial charge in [0.1, 0.15) is 5.82 Å². The summed E-state index contributed by atoms with van der Waals surface area (Å²) < 4.78 is 31.8. The van der Waals surface area contributed by atoms with Gasteiger partial charge in [0, 0.05) is 18.2 Å². The molecule has 26 heavy (non-hydrogen) atoms. The molecule has 1 aliphatic carbocycles. The van der Waals surface area contributed by atoms with Crippen LogP contribution in [0.2, 0.25) is 0 Å². The van der Waals surface area contributed by atoms with E-state index in [2.05, 4.69) is 15.6 Å². The van der Waals surface area contributed by atoms with Crippen molar-refractivity contribution in [2.24, 2.45) is 11.8 Å². The number of anilines is 1. The molecule has 1 aromatic heterocycles. The number of rotatable bonds is 4. The fourth-order valence-corrected chi connectivity index (χ4v) is 3.72. The largest absolute Gasteiger partial charge is 0.436 e. The maximum atomic E-state index is 13.6. The molecule has 1 aromatic carbocycles. The molecule has 3 aliphatic rings. The van der Waals surface area contributed by atoms with Crippen molar-refractivity contribution in [2.45, 2.75) is 25.3 Å². The maximum absolute atomic E-state index is 13.6. The van der Waals surface area contributed by atoms with Crippen molar-refractivity contribution in [3.8, 4) is 11.6 Å². The van der Waals surface area contributed by atoms with Crippen molar-refractivity contribution < 1.29 is 18.3 Å². The average molecular weight is 359 g/mol. The van der Waals surface area contributed by atoms with Crippen LogP contribution in [-0.4, -0.2) is 23.5 Å². The molecule has 136 valence electrons. The predicted molar refractivity (Wildman–Crippen MR) is 91.9 cm³/mol. The fraction of sp³-hybridized carbons (Fsp3) is 0.368. The van der Waals surface area contributed by atoms with Crippen LogP contribution >= 0.6 is 0 Å². The Morgan fingerprint density at radius 2 is 2.12 bits per heavy atom. The normalized spacial score (nSPS) is 24.3. The number of hydrogen-bond donors (Lipinski definition) is 2. The summed E-state index contributed by atoms with van der Waals surface area (Å²) in [5.74, 6) is -0.878.